The van der Waals surface area contributed by atoms with E-state index in [1.54, 1.807) is 0 Å². The third kappa shape index (κ3) is 5.52. The lowest BCUT2D eigenvalue weighted by atomic mass is 10.1. The van der Waals surface area contributed by atoms with Gasteiger partial charge in [0, 0.05) is 5.56 Å². The number of rotatable bonds is 6. The summed E-state index contributed by atoms with van der Waals surface area (Å²) in [5.41, 5.74) is 0.360. The maximum absolute atomic E-state index is 13.9. The molecule has 6 nitrogen and oxygen atoms in total. The number of benzene rings is 2. The maximum atomic E-state index is 13.9. The number of amides is 1. The number of halogens is 4. The zero-order valence-corrected chi connectivity index (χ0v) is 15.3. The van der Waals surface area contributed by atoms with Crippen LogP contribution in [0.5, 0.6) is 0 Å². The van der Waals surface area contributed by atoms with Crippen LogP contribution in [0.15, 0.2) is 53.6 Å². The van der Waals surface area contributed by atoms with E-state index in [4.69, 9.17) is 0 Å². The van der Waals surface area contributed by atoms with E-state index in [1.165, 1.54) is 30.3 Å². The van der Waals surface area contributed by atoms with Crippen LogP contribution in [0.25, 0.3) is 0 Å². The number of carbonyl (C=O) groups excluding carboxylic acids is 1. The molecule has 0 unspecified atom stereocenters. The van der Waals surface area contributed by atoms with Crippen molar-refractivity contribution in [3.63, 3.8) is 0 Å². The highest BCUT2D eigenvalue weighted by atomic mass is 32.2. The van der Waals surface area contributed by atoms with Gasteiger partial charge in [-0.2, -0.15) is 18.3 Å². The number of alkyl halides is 3. The van der Waals surface area contributed by atoms with Crippen molar-refractivity contribution >= 4 is 27.8 Å². The summed E-state index contributed by atoms with van der Waals surface area (Å²) in [5, 5.41) is 3.43. The quantitative estimate of drug-likeness (QED) is 0.446. The van der Waals surface area contributed by atoms with Crippen LogP contribution in [0.4, 0.5) is 23.2 Å². The Labute approximate surface area is 158 Å². The first-order valence-corrected chi connectivity index (χ1v) is 9.55. The highest BCUT2D eigenvalue weighted by Gasteiger charge is 2.32. The molecule has 28 heavy (non-hydrogen) atoms. The Balaban J connectivity index is 2.15. The van der Waals surface area contributed by atoms with Crippen LogP contribution in [0.1, 0.15) is 11.1 Å². The van der Waals surface area contributed by atoms with Gasteiger partial charge in [0.2, 0.25) is 10.0 Å². The van der Waals surface area contributed by atoms with Crippen molar-refractivity contribution in [1.82, 2.24) is 5.43 Å². The van der Waals surface area contributed by atoms with Crippen molar-refractivity contribution < 1.29 is 30.8 Å². The summed E-state index contributed by atoms with van der Waals surface area (Å²) in [6.07, 6.45) is -3.03. The Morgan fingerprint density at radius 3 is 2.36 bits per heavy atom. The fraction of sp³-hybridized carbons (Fsp3) is 0.176. The van der Waals surface area contributed by atoms with Crippen molar-refractivity contribution in [2.24, 2.45) is 5.10 Å². The molecule has 0 saturated heterocycles. The summed E-state index contributed by atoms with van der Waals surface area (Å²) in [6.45, 7) is -0.808. The van der Waals surface area contributed by atoms with Crippen molar-refractivity contribution in [1.29, 1.82) is 0 Å². The molecule has 150 valence electrons. The molecule has 0 aromatic heterocycles. The Morgan fingerprint density at radius 1 is 1.14 bits per heavy atom. The Bertz CT molecular complexity index is 991. The first kappa shape index (κ1) is 21.4. The number of carbonyl (C=O) groups is 1. The van der Waals surface area contributed by atoms with Crippen LogP contribution in [0.2, 0.25) is 0 Å². The number of hydrogen-bond acceptors (Lipinski definition) is 4. The van der Waals surface area contributed by atoms with Crippen LogP contribution in [-0.2, 0) is 21.0 Å². The molecule has 0 spiro atoms. The molecule has 0 bridgehead atoms. The normalized spacial score (nSPS) is 12.2. The summed E-state index contributed by atoms with van der Waals surface area (Å²) in [4.78, 5) is 12.0. The maximum Gasteiger partial charge on any atom is 0.417 e. The smallest absolute Gasteiger partial charge is 0.271 e. The number of hydrogen-bond donors (Lipinski definition) is 1. The molecular weight excluding hydrogens is 402 g/mol. The van der Waals surface area contributed by atoms with Crippen molar-refractivity contribution in [3.8, 4) is 0 Å². The lowest BCUT2D eigenvalue weighted by Crippen LogP contribution is -2.39. The molecule has 1 N–H and O–H groups in total. The highest BCUT2D eigenvalue weighted by Crippen LogP contribution is 2.31. The number of anilines is 1. The minimum Gasteiger partial charge on any atom is -0.271 e. The molecule has 2 aromatic rings. The molecule has 11 heteroatoms. The average Bonchev–Trinajstić information content (AvgIpc) is 2.59. The van der Waals surface area contributed by atoms with Crippen molar-refractivity contribution in [2.45, 2.75) is 6.18 Å². The highest BCUT2D eigenvalue weighted by molar-refractivity contribution is 7.92. The van der Waals surface area contributed by atoms with Gasteiger partial charge < -0.3 is 0 Å². The van der Waals surface area contributed by atoms with E-state index in [9.17, 15) is 30.8 Å². The third-order valence-corrected chi connectivity index (χ3v) is 4.59. The molecule has 0 aliphatic heterocycles. The Kier molecular flexibility index (Phi) is 6.39. The number of para-hydroxylation sites is 1. The predicted octanol–water partition coefficient (Wildman–Crippen LogP) is 2.76. The van der Waals surface area contributed by atoms with Gasteiger partial charge in [-0.1, -0.05) is 30.3 Å². The molecule has 2 aromatic carbocycles. The minimum absolute atomic E-state index is 0.288. The van der Waals surface area contributed by atoms with Gasteiger partial charge in [-0.05, 0) is 18.2 Å². The summed E-state index contributed by atoms with van der Waals surface area (Å²) >= 11 is 0. The van der Waals surface area contributed by atoms with E-state index in [1.807, 2.05) is 5.43 Å². The third-order valence-electron chi connectivity index (χ3n) is 3.47. The molecule has 0 fully saturated rings. The number of sulfonamides is 1. The molecule has 0 aliphatic carbocycles. The Hall–Kier alpha value is -2.95. The summed E-state index contributed by atoms with van der Waals surface area (Å²) in [6, 6.07) is 9.51. The van der Waals surface area contributed by atoms with E-state index in [-0.39, 0.29) is 11.3 Å². The first-order chi connectivity index (χ1) is 13.0. The van der Waals surface area contributed by atoms with Gasteiger partial charge in [0.1, 0.15) is 12.4 Å². The topological polar surface area (TPSA) is 78.8 Å². The summed E-state index contributed by atoms with van der Waals surface area (Å²) in [7, 11) is -4.01. The molecule has 0 saturated carbocycles. The largest absolute Gasteiger partial charge is 0.417 e. The van der Waals surface area contributed by atoms with Gasteiger partial charge in [-0.3, -0.25) is 9.10 Å². The monoisotopic (exact) mass is 417 g/mol. The van der Waals surface area contributed by atoms with Gasteiger partial charge in [-0.15, -0.1) is 0 Å². The zero-order valence-electron chi connectivity index (χ0n) is 14.4. The Morgan fingerprint density at radius 2 is 1.75 bits per heavy atom. The minimum atomic E-state index is -4.61. The first-order valence-electron chi connectivity index (χ1n) is 7.70. The number of nitrogens with zero attached hydrogens (tertiary/aromatic N) is 2. The van der Waals surface area contributed by atoms with Gasteiger partial charge in [0.25, 0.3) is 5.91 Å². The predicted molar refractivity (Wildman–Crippen MR) is 95.8 cm³/mol. The van der Waals surface area contributed by atoms with E-state index in [0.717, 1.165) is 30.7 Å². The van der Waals surface area contributed by atoms with Crippen LogP contribution < -0.4 is 9.73 Å². The second-order valence-corrected chi connectivity index (χ2v) is 7.51. The SMILES string of the molecule is CS(=O)(=O)N(CC(=O)N/N=C\c1ccccc1C(F)(F)F)c1ccccc1F. The van der Waals surface area contributed by atoms with E-state index in [0.29, 0.717) is 4.31 Å². The van der Waals surface area contributed by atoms with Crippen LogP contribution >= 0.6 is 0 Å². The number of nitrogens with one attached hydrogen (secondary N) is 1. The summed E-state index contributed by atoms with van der Waals surface area (Å²) in [5.74, 6) is -1.82. The van der Waals surface area contributed by atoms with E-state index < -0.39 is 40.0 Å². The van der Waals surface area contributed by atoms with Crippen molar-refractivity contribution in [3.05, 3.63) is 65.5 Å². The van der Waals surface area contributed by atoms with Gasteiger partial charge in [0.15, 0.2) is 0 Å². The standard InChI is InChI=1S/C17H15F4N3O3S/c1-28(26,27)24(15-9-5-4-8-14(15)18)11-16(25)23-22-10-12-6-2-3-7-13(12)17(19,20)21/h2-10H,11H2,1H3,(H,23,25)/b22-10-. The lowest BCUT2D eigenvalue weighted by Gasteiger charge is -2.21. The van der Waals surface area contributed by atoms with Crippen molar-refractivity contribution in [2.75, 3.05) is 17.1 Å². The van der Waals surface area contributed by atoms with Crippen LogP contribution in [0.3, 0.4) is 0 Å². The molecule has 1 amide bonds. The van der Waals surface area contributed by atoms with E-state index >= 15 is 0 Å². The lowest BCUT2D eigenvalue weighted by molar-refractivity contribution is -0.137. The second-order valence-electron chi connectivity index (χ2n) is 5.60. The van der Waals surface area contributed by atoms with Crippen LogP contribution in [0, 0.1) is 5.82 Å². The molecule has 0 radical (unpaired) electrons. The number of hydrazone groups is 1. The van der Waals surface area contributed by atoms with Gasteiger partial charge >= 0.3 is 6.18 Å². The summed E-state index contributed by atoms with van der Waals surface area (Å²) < 4.78 is 76.9. The zero-order chi connectivity index (χ0) is 20.9. The fourth-order valence-electron chi connectivity index (χ4n) is 2.24. The molecule has 2 rings (SSSR count). The molecule has 0 heterocycles. The fourth-order valence-corrected chi connectivity index (χ4v) is 3.10. The molecular formula is C17H15F4N3O3S. The average molecular weight is 417 g/mol. The van der Waals surface area contributed by atoms with E-state index in [2.05, 4.69) is 5.10 Å². The van der Waals surface area contributed by atoms with Crippen LogP contribution in [-0.4, -0.2) is 33.3 Å². The molecule has 0 aliphatic rings. The van der Waals surface area contributed by atoms with Gasteiger partial charge in [0.05, 0.1) is 23.7 Å². The van der Waals surface area contributed by atoms with Gasteiger partial charge in [-0.25, -0.2) is 18.2 Å². The molecule has 0 atom stereocenters. The second kappa shape index (κ2) is 8.38.